The van der Waals surface area contributed by atoms with Gasteiger partial charge in [0.05, 0.1) is 0 Å². The average molecular weight is 231 g/mol. The molecule has 0 saturated heterocycles. The smallest absolute Gasteiger partial charge is 0.126 e. The van der Waals surface area contributed by atoms with Crippen LogP contribution in [0.1, 0.15) is 11.1 Å². The zero-order valence-corrected chi connectivity index (χ0v) is 9.13. The van der Waals surface area contributed by atoms with Gasteiger partial charge in [-0.05, 0) is 40.5 Å². The van der Waals surface area contributed by atoms with Crippen LogP contribution in [0.5, 0.6) is 0 Å². The SMILES string of the molecule is Fc1cc(F)cc(-c2ccc3c(c2)CNC3)c1. The Morgan fingerprint density at radius 3 is 2.24 bits per heavy atom. The first kappa shape index (κ1) is 10.4. The van der Waals surface area contributed by atoms with Crippen molar-refractivity contribution in [3.05, 3.63) is 59.2 Å². The second-order valence-electron chi connectivity index (χ2n) is 4.25. The normalized spacial score (nSPS) is 13.8. The van der Waals surface area contributed by atoms with E-state index in [1.807, 2.05) is 18.2 Å². The molecular formula is C14H11F2N. The minimum absolute atomic E-state index is 0.543. The van der Waals surface area contributed by atoms with E-state index < -0.39 is 11.6 Å². The van der Waals surface area contributed by atoms with Gasteiger partial charge in [-0.3, -0.25) is 0 Å². The summed E-state index contributed by atoms with van der Waals surface area (Å²) >= 11 is 0. The molecule has 1 aliphatic rings. The first-order valence-electron chi connectivity index (χ1n) is 5.51. The molecule has 1 N–H and O–H groups in total. The highest BCUT2D eigenvalue weighted by Gasteiger charge is 2.11. The maximum Gasteiger partial charge on any atom is 0.126 e. The van der Waals surface area contributed by atoms with Crippen LogP contribution >= 0.6 is 0 Å². The molecule has 0 fully saturated rings. The minimum Gasteiger partial charge on any atom is -0.309 e. The van der Waals surface area contributed by atoms with Crippen molar-refractivity contribution in [2.45, 2.75) is 13.1 Å². The van der Waals surface area contributed by atoms with Crippen LogP contribution < -0.4 is 5.32 Å². The Balaban J connectivity index is 2.09. The van der Waals surface area contributed by atoms with Crippen molar-refractivity contribution in [2.24, 2.45) is 0 Å². The summed E-state index contributed by atoms with van der Waals surface area (Å²) in [6.07, 6.45) is 0. The molecule has 0 atom stereocenters. The van der Waals surface area contributed by atoms with Crippen LogP contribution in [0.25, 0.3) is 11.1 Å². The van der Waals surface area contributed by atoms with Gasteiger partial charge in [0, 0.05) is 19.2 Å². The lowest BCUT2D eigenvalue weighted by atomic mass is 10.0. The summed E-state index contributed by atoms with van der Waals surface area (Å²) in [5, 5.41) is 3.24. The average Bonchev–Trinajstić information content (AvgIpc) is 2.74. The number of benzene rings is 2. The summed E-state index contributed by atoms with van der Waals surface area (Å²) in [6, 6.07) is 9.50. The molecule has 1 heterocycles. The molecule has 0 amide bonds. The van der Waals surface area contributed by atoms with Gasteiger partial charge < -0.3 is 5.32 Å². The van der Waals surface area contributed by atoms with Crippen molar-refractivity contribution in [1.29, 1.82) is 0 Å². The molecule has 0 spiro atoms. The van der Waals surface area contributed by atoms with E-state index in [0.717, 1.165) is 24.7 Å². The highest BCUT2D eigenvalue weighted by Crippen LogP contribution is 2.26. The van der Waals surface area contributed by atoms with E-state index in [2.05, 4.69) is 5.32 Å². The molecule has 2 aromatic rings. The Morgan fingerprint density at radius 1 is 0.765 bits per heavy atom. The molecule has 3 heteroatoms. The van der Waals surface area contributed by atoms with Crippen molar-refractivity contribution in [3.8, 4) is 11.1 Å². The largest absolute Gasteiger partial charge is 0.309 e. The first-order chi connectivity index (χ1) is 8.22. The Labute approximate surface area is 98.1 Å². The van der Waals surface area contributed by atoms with E-state index in [4.69, 9.17) is 0 Å². The molecule has 0 aliphatic carbocycles. The van der Waals surface area contributed by atoms with Gasteiger partial charge in [0.1, 0.15) is 11.6 Å². The molecule has 3 rings (SSSR count). The Hall–Kier alpha value is -1.74. The molecule has 17 heavy (non-hydrogen) atoms. The number of fused-ring (bicyclic) bond motifs is 1. The molecule has 86 valence electrons. The summed E-state index contributed by atoms with van der Waals surface area (Å²) in [5.41, 5.74) is 3.89. The predicted molar refractivity (Wildman–Crippen MR) is 62.3 cm³/mol. The van der Waals surface area contributed by atoms with Gasteiger partial charge in [0.15, 0.2) is 0 Å². The van der Waals surface area contributed by atoms with E-state index in [9.17, 15) is 8.78 Å². The number of nitrogens with one attached hydrogen (secondary N) is 1. The van der Waals surface area contributed by atoms with Gasteiger partial charge >= 0.3 is 0 Å². The van der Waals surface area contributed by atoms with Crippen LogP contribution in [0.4, 0.5) is 8.78 Å². The number of hydrogen-bond acceptors (Lipinski definition) is 1. The third-order valence-corrected chi connectivity index (χ3v) is 3.03. The number of halogens is 2. The first-order valence-corrected chi connectivity index (χ1v) is 5.51. The Kier molecular flexibility index (Phi) is 2.41. The molecule has 0 bridgehead atoms. The molecule has 2 aromatic carbocycles. The van der Waals surface area contributed by atoms with Gasteiger partial charge in [-0.2, -0.15) is 0 Å². The van der Waals surface area contributed by atoms with Gasteiger partial charge in [0.25, 0.3) is 0 Å². The molecule has 0 radical (unpaired) electrons. The lowest BCUT2D eigenvalue weighted by molar-refractivity contribution is 0.584. The zero-order valence-electron chi connectivity index (χ0n) is 9.13. The fraction of sp³-hybridized carbons (Fsp3) is 0.143. The third kappa shape index (κ3) is 1.94. The molecule has 1 aliphatic heterocycles. The number of hydrogen-bond donors (Lipinski definition) is 1. The van der Waals surface area contributed by atoms with Crippen LogP contribution in [-0.4, -0.2) is 0 Å². The van der Waals surface area contributed by atoms with E-state index in [0.29, 0.717) is 5.56 Å². The maximum atomic E-state index is 13.1. The second kappa shape index (κ2) is 3.93. The van der Waals surface area contributed by atoms with E-state index >= 15 is 0 Å². The summed E-state index contributed by atoms with van der Waals surface area (Å²) in [4.78, 5) is 0. The van der Waals surface area contributed by atoms with Gasteiger partial charge in [-0.25, -0.2) is 8.78 Å². The van der Waals surface area contributed by atoms with Crippen molar-refractivity contribution >= 4 is 0 Å². The molecule has 0 saturated carbocycles. The van der Waals surface area contributed by atoms with Crippen molar-refractivity contribution in [3.63, 3.8) is 0 Å². The van der Waals surface area contributed by atoms with Crippen LogP contribution in [0.2, 0.25) is 0 Å². The van der Waals surface area contributed by atoms with E-state index in [1.165, 1.54) is 23.3 Å². The fourth-order valence-corrected chi connectivity index (χ4v) is 2.19. The van der Waals surface area contributed by atoms with Gasteiger partial charge in [-0.1, -0.05) is 12.1 Å². The lowest BCUT2D eigenvalue weighted by Gasteiger charge is -2.05. The fourth-order valence-electron chi connectivity index (χ4n) is 2.19. The topological polar surface area (TPSA) is 12.0 Å². The van der Waals surface area contributed by atoms with Crippen LogP contribution in [0, 0.1) is 11.6 Å². The molecular weight excluding hydrogens is 220 g/mol. The predicted octanol–water partition coefficient (Wildman–Crippen LogP) is 3.24. The molecule has 0 unspecified atom stereocenters. The van der Waals surface area contributed by atoms with Crippen LogP contribution in [0.15, 0.2) is 36.4 Å². The Bertz CT molecular complexity index is 558. The zero-order chi connectivity index (χ0) is 11.8. The van der Waals surface area contributed by atoms with E-state index in [1.54, 1.807) is 0 Å². The lowest BCUT2D eigenvalue weighted by Crippen LogP contribution is -1.99. The monoisotopic (exact) mass is 231 g/mol. The summed E-state index contributed by atoms with van der Waals surface area (Å²) in [6.45, 7) is 1.69. The number of rotatable bonds is 1. The minimum atomic E-state index is -0.543. The van der Waals surface area contributed by atoms with Gasteiger partial charge in [0.2, 0.25) is 0 Å². The third-order valence-electron chi connectivity index (χ3n) is 3.03. The summed E-state index contributed by atoms with van der Waals surface area (Å²) in [7, 11) is 0. The van der Waals surface area contributed by atoms with Crippen molar-refractivity contribution in [1.82, 2.24) is 5.32 Å². The van der Waals surface area contributed by atoms with Gasteiger partial charge in [-0.15, -0.1) is 0 Å². The second-order valence-corrected chi connectivity index (χ2v) is 4.25. The standard InChI is InChI=1S/C14H11F2N/c15-13-4-11(5-14(16)6-13)9-1-2-10-7-17-8-12(10)3-9/h1-6,17H,7-8H2. The Morgan fingerprint density at radius 2 is 1.47 bits per heavy atom. The van der Waals surface area contributed by atoms with Crippen LogP contribution in [0.3, 0.4) is 0 Å². The summed E-state index contributed by atoms with van der Waals surface area (Å²) in [5.74, 6) is -1.09. The van der Waals surface area contributed by atoms with Crippen molar-refractivity contribution < 1.29 is 8.78 Å². The maximum absolute atomic E-state index is 13.1. The highest BCUT2D eigenvalue weighted by atomic mass is 19.1. The quantitative estimate of drug-likeness (QED) is 0.794. The van der Waals surface area contributed by atoms with Crippen molar-refractivity contribution in [2.75, 3.05) is 0 Å². The molecule has 1 nitrogen and oxygen atoms in total. The van der Waals surface area contributed by atoms with E-state index in [-0.39, 0.29) is 0 Å². The van der Waals surface area contributed by atoms with Crippen LogP contribution in [-0.2, 0) is 13.1 Å². The molecule has 0 aromatic heterocycles. The summed E-state index contributed by atoms with van der Waals surface area (Å²) < 4.78 is 26.3. The highest BCUT2D eigenvalue weighted by molar-refractivity contribution is 5.65.